The summed E-state index contributed by atoms with van der Waals surface area (Å²) in [7, 11) is -2.64. The second kappa shape index (κ2) is 6.47. The molecule has 8 nitrogen and oxygen atoms in total. The highest BCUT2D eigenvalue weighted by Gasteiger charge is 2.43. The maximum Gasteiger partial charge on any atom is 0.316 e. The molecule has 0 radical (unpaired) electrons. The quantitative estimate of drug-likeness (QED) is 0.410. The van der Waals surface area contributed by atoms with Crippen LogP contribution in [0.1, 0.15) is 6.92 Å². The minimum Gasteiger partial charge on any atom is -0.365 e. The molecule has 4 aliphatic rings. The van der Waals surface area contributed by atoms with Crippen LogP contribution in [0.3, 0.4) is 0 Å². The maximum atomic E-state index is 12.4. The number of ketones is 2. The van der Waals surface area contributed by atoms with Crippen LogP contribution in [-0.2, 0) is 18.7 Å². The number of nitrogens with zero attached hydrogens (tertiary/aromatic N) is 3. The summed E-state index contributed by atoms with van der Waals surface area (Å²) < 4.78 is 13.7. The number of carbonyl (C=O) groups excluding carboxylic acids is 2. The van der Waals surface area contributed by atoms with Crippen LogP contribution in [0, 0.1) is 0 Å². The topological polar surface area (TPSA) is 89.7 Å². The van der Waals surface area contributed by atoms with Gasteiger partial charge in [-0.2, -0.15) is 0 Å². The zero-order chi connectivity index (χ0) is 16.6. The summed E-state index contributed by atoms with van der Waals surface area (Å²) in [5, 5.41) is 0. The predicted molar refractivity (Wildman–Crippen MR) is 82.7 cm³/mol. The Morgan fingerprint density at radius 3 is 1.96 bits per heavy atom. The molecule has 0 aromatic carbocycles. The number of allylic oxidation sites excluding steroid dienone is 1. The Kier molecular flexibility index (Phi) is 4.57. The third-order valence-corrected chi connectivity index (χ3v) is 4.29. The molecule has 23 heavy (non-hydrogen) atoms. The first-order valence-electron chi connectivity index (χ1n) is 7.68. The third kappa shape index (κ3) is 3.83. The van der Waals surface area contributed by atoms with E-state index < -0.39 is 8.25 Å². The van der Waals surface area contributed by atoms with Crippen molar-refractivity contribution in [1.29, 1.82) is 0 Å². The molecule has 0 amide bonds. The Balaban J connectivity index is 0.000000227. The molecule has 1 aliphatic carbocycles. The van der Waals surface area contributed by atoms with E-state index in [9.17, 15) is 14.2 Å². The highest BCUT2D eigenvalue weighted by Crippen LogP contribution is 2.33. The van der Waals surface area contributed by atoms with Gasteiger partial charge in [0.25, 0.3) is 0 Å². The Morgan fingerprint density at radius 2 is 1.57 bits per heavy atom. The third-order valence-electron chi connectivity index (χ3n) is 3.76. The van der Waals surface area contributed by atoms with Gasteiger partial charge in [0.1, 0.15) is 11.4 Å². The van der Waals surface area contributed by atoms with Crippen LogP contribution in [0.4, 0.5) is 0 Å². The van der Waals surface area contributed by atoms with Crippen molar-refractivity contribution >= 4 is 19.8 Å². The number of hydrogen-bond donors (Lipinski definition) is 1. The highest BCUT2D eigenvalue weighted by molar-refractivity contribution is 7.32. The van der Waals surface area contributed by atoms with Gasteiger partial charge < -0.3 is 24.1 Å². The summed E-state index contributed by atoms with van der Waals surface area (Å²) >= 11 is 0. The van der Waals surface area contributed by atoms with Crippen LogP contribution in [0.5, 0.6) is 0 Å². The van der Waals surface area contributed by atoms with E-state index in [1.54, 1.807) is 6.92 Å². The van der Waals surface area contributed by atoms with Crippen LogP contribution in [0.2, 0.25) is 0 Å². The van der Waals surface area contributed by atoms with Crippen molar-refractivity contribution in [2.24, 2.45) is 0 Å². The maximum absolute atomic E-state index is 12.4. The molecule has 1 unspecified atom stereocenters. The molecule has 9 heteroatoms. The van der Waals surface area contributed by atoms with E-state index >= 15 is 0 Å². The Hall–Kier alpha value is -1.63. The molecule has 0 spiro atoms. The highest BCUT2D eigenvalue weighted by atomic mass is 31.1. The van der Waals surface area contributed by atoms with E-state index in [0.29, 0.717) is 23.7 Å². The molecule has 0 aromatic heterocycles. The summed E-state index contributed by atoms with van der Waals surface area (Å²) in [6.45, 7) is 7.39. The first kappa shape index (κ1) is 16.2. The van der Waals surface area contributed by atoms with Crippen molar-refractivity contribution in [3.63, 3.8) is 0 Å². The Bertz CT molecular complexity index is 618. The lowest BCUT2D eigenvalue weighted by Crippen LogP contribution is -2.29. The molecule has 3 fully saturated rings. The number of carbonyl (C=O) groups is 2. The zero-order valence-corrected chi connectivity index (χ0v) is 13.9. The van der Waals surface area contributed by atoms with Crippen LogP contribution in [-0.4, -0.2) is 77.0 Å². The molecular weight excluding hydrogens is 321 g/mol. The van der Waals surface area contributed by atoms with Crippen molar-refractivity contribution in [2.45, 2.75) is 6.92 Å². The van der Waals surface area contributed by atoms with Gasteiger partial charge in [-0.3, -0.25) is 14.2 Å². The molecular formula is C14H20N3O5P. The van der Waals surface area contributed by atoms with Crippen molar-refractivity contribution in [3.05, 3.63) is 23.2 Å². The number of hydrogen-bond acceptors (Lipinski definition) is 7. The molecule has 1 N–H and O–H groups in total. The Labute approximate surface area is 134 Å². The molecule has 3 heterocycles. The van der Waals surface area contributed by atoms with E-state index in [1.165, 1.54) is 6.08 Å². The molecule has 0 aromatic rings. The normalized spacial score (nSPS) is 23.4. The van der Waals surface area contributed by atoms with Gasteiger partial charge in [-0.15, -0.1) is 0 Å². The van der Waals surface area contributed by atoms with Gasteiger partial charge in [0, 0.05) is 45.3 Å². The monoisotopic (exact) mass is 341 g/mol. The number of rotatable bonds is 5. The second-order valence-corrected chi connectivity index (χ2v) is 6.40. The van der Waals surface area contributed by atoms with Gasteiger partial charge in [-0.1, -0.05) is 0 Å². The average molecular weight is 341 g/mol. The molecule has 3 aliphatic heterocycles. The van der Waals surface area contributed by atoms with Crippen LogP contribution >= 0.6 is 8.25 Å². The van der Waals surface area contributed by atoms with Crippen LogP contribution < -0.4 is 0 Å². The number of Topliss-reactive ketones (excluding diaryl/α,β-unsaturated/α-hetero) is 1. The second-order valence-electron chi connectivity index (χ2n) is 5.58. The van der Waals surface area contributed by atoms with Crippen molar-refractivity contribution in [3.8, 4) is 0 Å². The van der Waals surface area contributed by atoms with Crippen molar-refractivity contribution in [1.82, 2.24) is 14.7 Å². The van der Waals surface area contributed by atoms with E-state index in [-0.39, 0.29) is 11.6 Å². The van der Waals surface area contributed by atoms with Gasteiger partial charge in [0.2, 0.25) is 11.6 Å². The van der Waals surface area contributed by atoms with Gasteiger partial charge >= 0.3 is 8.25 Å². The van der Waals surface area contributed by atoms with E-state index in [2.05, 4.69) is 4.52 Å². The van der Waals surface area contributed by atoms with E-state index in [1.807, 2.05) is 14.7 Å². The minimum atomic E-state index is -2.64. The van der Waals surface area contributed by atoms with Gasteiger partial charge in [0.05, 0.1) is 12.3 Å². The van der Waals surface area contributed by atoms with Gasteiger partial charge in [-0.25, -0.2) is 0 Å². The fraction of sp³-hybridized carbons (Fsp3) is 0.571. The molecule has 3 saturated heterocycles. The van der Waals surface area contributed by atoms with Crippen LogP contribution in [0.15, 0.2) is 23.2 Å². The SMILES string of the molecule is CCO[PH](=O)O.O=C1C=C(N2CC2)C(=O)C(N2CC2)=C1N1CC1. The largest absolute Gasteiger partial charge is 0.365 e. The molecule has 0 bridgehead atoms. The standard InChI is InChI=1S/C12H13N3O2.C2H7O3P/c16-9-7-8(13-1-2-13)12(17)11(15-5-6-15)10(9)14-3-4-14;1-2-5-6(3)4/h7H,1-6H2;6H,2H2,1H3,(H,3,4). The fourth-order valence-corrected chi connectivity index (χ4v) is 2.65. The summed E-state index contributed by atoms with van der Waals surface area (Å²) in [6, 6.07) is 0. The fourth-order valence-electron chi connectivity index (χ4n) is 2.40. The first-order valence-corrected chi connectivity index (χ1v) is 8.95. The van der Waals surface area contributed by atoms with Crippen LogP contribution in [0.25, 0.3) is 0 Å². The van der Waals surface area contributed by atoms with Gasteiger partial charge in [0.15, 0.2) is 0 Å². The molecule has 126 valence electrons. The lowest BCUT2D eigenvalue weighted by molar-refractivity contribution is -0.117. The molecule has 4 rings (SSSR count). The lowest BCUT2D eigenvalue weighted by Gasteiger charge is -2.21. The molecule has 1 atom stereocenters. The summed E-state index contributed by atoms with van der Waals surface area (Å²) in [5.41, 5.74) is 1.89. The minimum absolute atomic E-state index is 0.00546. The smallest absolute Gasteiger partial charge is 0.316 e. The van der Waals surface area contributed by atoms with E-state index in [0.717, 1.165) is 39.3 Å². The summed E-state index contributed by atoms with van der Waals surface area (Å²) in [6.07, 6.45) is 1.52. The lowest BCUT2D eigenvalue weighted by atomic mass is 10.0. The van der Waals surface area contributed by atoms with E-state index in [4.69, 9.17) is 4.89 Å². The summed E-state index contributed by atoms with van der Waals surface area (Å²) in [5.74, 6) is 0.0485. The Morgan fingerprint density at radius 1 is 1.04 bits per heavy atom. The molecule has 0 saturated carbocycles. The van der Waals surface area contributed by atoms with Crippen molar-refractivity contribution < 1.29 is 23.6 Å². The van der Waals surface area contributed by atoms with Crippen molar-refractivity contribution in [2.75, 3.05) is 45.9 Å². The first-order chi connectivity index (χ1) is 11.0. The zero-order valence-electron chi connectivity index (χ0n) is 12.9. The predicted octanol–water partition coefficient (Wildman–Crippen LogP) is -0.415. The summed E-state index contributed by atoms with van der Waals surface area (Å²) in [4.78, 5) is 38.3. The average Bonchev–Trinajstić information content (AvgIpc) is 3.37. The van der Waals surface area contributed by atoms with Gasteiger partial charge in [-0.05, 0) is 6.92 Å².